The van der Waals surface area contributed by atoms with Crippen LogP contribution in [0.1, 0.15) is 22.9 Å². The van der Waals surface area contributed by atoms with E-state index in [2.05, 4.69) is 66.7 Å². The Kier molecular flexibility index (Phi) is 5.90. The number of nitrogens with zero attached hydrogens (tertiary/aromatic N) is 2. The molecule has 0 saturated heterocycles. The van der Waals surface area contributed by atoms with Crippen LogP contribution in [-0.2, 0) is 12.8 Å². The number of rotatable bonds is 7. The van der Waals surface area contributed by atoms with Crippen LogP contribution >= 0.6 is 0 Å². The number of methoxy groups -OCH3 is 2. The third-order valence-electron chi connectivity index (χ3n) is 6.10. The largest absolute Gasteiger partial charge is 0.494 e. The molecule has 33 heavy (non-hydrogen) atoms. The fourth-order valence-corrected chi connectivity index (χ4v) is 4.42. The normalized spacial score (nSPS) is 11.2. The van der Waals surface area contributed by atoms with Gasteiger partial charge >= 0.3 is 0 Å². The van der Waals surface area contributed by atoms with Crippen molar-refractivity contribution in [3.8, 4) is 11.5 Å². The molecule has 4 heteroatoms. The van der Waals surface area contributed by atoms with Gasteiger partial charge < -0.3 is 9.47 Å². The van der Waals surface area contributed by atoms with Crippen LogP contribution in [0.15, 0.2) is 91.0 Å². The molecule has 0 amide bonds. The molecule has 0 radical (unpaired) electrons. The number of fused-ring (bicyclic) bond motifs is 2. The summed E-state index contributed by atoms with van der Waals surface area (Å²) in [4.78, 5) is 9.93. The van der Waals surface area contributed by atoms with Gasteiger partial charge in [0.25, 0.3) is 0 Å². The predicted octanol–water partition coefficient (Wildman–Crippen LogP) is 6.37. The zero-order valence-electron chi connectivity index (χ0n) is 18.9. The maximum Gasteiger partial charge on any atom is 0.145 e. The van der Waals surface area contributed by atoms with Crippen molar-refractivity contribution < 1.29 is 9.47 Å². The van der Waals surface area contributed by atoms with E-state index in [0.717, 1.165) is 57.5 Å². The summed E-state index contributed by atoms with van der Waals surface area (Å²) in [7, 11) is 3.38. The Bertz CT molecular complexity index is 1310. The van der Waals surface area contributed by atoms with Gasteiger partial charge in [0.1, 0.15) is 22.5 Å². The van der Waals surface area contributed by atoms with Gasteiger partial charge in [0.05, 0.1) is 14.2 Å². The zero-order chi connectivity index (χ0) is 22.6. The average molecular weight is 435 g/mol. The van der Waals surface area contributed by atoms with E-state index in [0.29, 0.717) is 0 Å². The first-order chi connectivity index (χ1) is 16.2. The highest BCUT2D eigenvalue weighted by Crippen LogP contribution is 2.29. The number of ether oxygens (including phenoxy) is 2. The summed E-state index contributed by atoms with van der Waals surface area (Å²) in [5.74, 6) is 1.84. The average Bonchev–Trinajstić information content (AvgIpc) is 2.88. The molecule has 0 aliphatic heterocycles. The molecular formula is C29H26N2O2. The molecule has 4 nitrogen and oxygen atoms in total. The maximum absolute atomic E-state index is 5.55. The van der Waals surface area contributed by atoms with Crippen molar-refractivity contribution in [3.63, 3.8) is 0 Å². The van der Waals surface area contributed by atoms with E-state index in [-0.39, 0.29) is 5.92 Å². The first-order valence-corrected chi connectivity index (χ1v) is 11.2. The number of para-hydroxylation sites is 2. The van der Waals surface area contributed by atoms with Crippen molar-refractivity contribution in [1.29, 1.82) is 0 Å². The number of benzene rings is 3. The summed E-state index contributed by atoms with van der Waals surface area (Å²) < 4.78 is 11.1. The highest BCUT2D eigenvalue weighted by molar-refractivity contribution is 5.85. The van der Waals surface area contributed by atoms with Crippen molar-refractivity contribution >= 4 is 21.8 Å². The summed E-state index contributed by atoms with van der Waals surface area (Å²) >= 11 is 0. The lowest BCUT2D eigenvalue weighted by atomic mass is 9.89. The maximum atomic E-state index is 5.55. The lowest BCUT2D eigenvalue weighted by Crippen LogP contribution is -2.09. The number of hydrogen-bond donors (Lipinski definition) is 0. The molecule has 2 heterocycles. The summed E-state index contributed by atoms with van der Waals surface area (Å²) in [5, 5.41) is 2.16. The first kappa shape index (κ1) is 21.0. The molecule has 0 aliphatic rings. The van der Waals surface area contributed by atoms with Gasteiger partial charge in [-0.2, -0.15) is 0 Å². The topological polar surface area (TPSA) is 44.2 Å². The molecule has 0 aliphatic carbocycles. The third kappa shape index (κ3) is 4.37. The Labute approximate surface area is 193 Å². The minimum absolute atomic E-state index is 0.241. The van der Waals surface area contributed by atoms with Crippen molar-refractivity contribution in [3.05, 3.63) is 108 Å². The highest BCUT2D eigenvalue weighted by Gasteiger charge is 2.17. The quantitative estimate of drug-likeness (QED) is 0.299. The van der Waals surface area contributed by atoms with Gasteiger partial charge in [0, 0.05) is 22.2 Å². The lowest BCUT2D eigenvalue weighted by molar-refractivity contribution is 0.418. The standard InChI is InChI=1S/C29H26N2O2/c1-32-26-12-6-10-21-14-16-24(30-28(21)26)18-23(20-8-4-3-5-9-20)19-25-17-15-22-11-7-13-27(33-2)29(22)31-25/h3-17,23H,18-19H2,1-2H3. The monoisotopic (exact) mass is 434 g/mol. The molecule has 0 N–H and O–H groups in total. The second-order valence-electron chi connectivity index (χ2n) is 8.19. The minimum Gasteiger partial charge on any atom is -0.494 e. The molecule has 5 rings (SSSR count). The van der Waals surface area contributed by atoms with Gasteiger partial charge in [-0.25, -0.2) is 9.97 Å². The van der Waals surface area contributed by atoms with Crippen LogP contribution in [0, 0.1) is 0 Å². The van der Waals surface area contributed by atoms with Gasteiger partial charge in [-0.3, -0.25) is 0 Å². The third-order valence-corrected chi connectivity index (χ3v) is 6.10. The van der Waals surface area contributed by atoms with E-state index in [1.807, 2.05) is 24.3 Å². The van der Waals surface area contributed by atoms with Crippen LogP contribution in [-0.4, -0.2) is 24.2 Å². The molecule has 0 unspecified atom stereocenters. The molecule has 164 valence electrons. The van der Waals surface area contributed by atoms with Crippen LogP contribution in [0.5, 0.6) is 11.5 Å². The Morgan fingerprint density at radius 2 is 1.09 bits per heavy atom. The predicted molar refractivity (Wildman–Crippen MR) is 133 cm³/mol. The molecule has 0 atom stereocenters. The minimum atomic E-state index is 0.241. The Morgan fingerprint density at radius 1 is 0.576 bits per heavy atom. The number of aromatic nitrogens is 2. The lowest BCUT2D eigenvalue weighted by Gasteiger charge is -2.18. The van der Waals surface area contributed by atoms with Gasteiger partial charge in [-0.15, -0.1) is 0 Å². The summed E-state index contributed by atoms with van der Waals surface area (Å²) in [6.07, 6.45) is 1.62. The second-order valence-corrected chi connectivity index (χ2v) is 8.19. The van der Waals surface area contributed by atoms with Crippen LogP contribution in [0.25, 0.3) is 21.8 Å². The molecule has 0 spiro atoms. The molecule has 5 aromatic rings. The smallest absolute Gasteiger partial charge is 0.145 e. The molecular weight excluding hydrogens is 408 g/mol. The van der Waals surface area contributed by atoms with E-state index in [1.165, 1.54) is 5.56 Å². The summed E-state index contributed by atoms with van der Waals surface area (Å²) in [6.45, 7) is 0. The van der Waals surface area contributed by atoms with Crippen LogP contribution in [0.3, 0.4) is 0 Å². The van der Waals surface area contributed by atoms with E-state index >= 15 is 0 Å². The van der Waals surface area contributed by atoms with Crippen molar-refractivity contribution in [2.75, 3.05) is 14.2 Å². The Morgan fingerprint density at radius 3 is 1.58 bits per heavy atom. The fraction of sp³-hybridized carbons (Fsp3) is 0.172. The molecule has 0 fully saturated rings. The van der Waals surface area contributed by atoms with Gasteiger partial charge in [0.2, 0.25) is 0 Å². The van der Waals surface area contributed by atoms with Crippen LogP contribution < -0.4 is 9.47 Å². The van der Waals surface area contributed by atoms with E-state index in [1.54, 1.807) is 14.2 Å². The molecule has 2 aromatic heterocycles. The number of hydrogen-bond acceptors (Lipinski definition) is 4. The van der Waals surface area contributed by atoms with Crippen molar-refractivity contribution in [2.24, 2.45) is 0 Å². The number of pyridine rings is 2. The van der Waals surface area contributed by atoms with Gasteiger partial charge in [0.15, 0.2) is 0 Å². The Hall–Kier alpha value is -3.92. The first-order valence-electron chi connectivity index (χ1n) is 11.2. The van der Waals surface area contributed by atoms with E-state index in [4.69, 9.17) is 19.4 Å². The van der Waals surface area contributed by atoms with Gasteiger partial charge in [-0.05, 0) is 48.6 Å². The summed E-state index contributed by atoms with van der Waals surface area (Å²) in [5.41, 5.74) is 5.16. The SMILES string of the molecule is COc1cccc2ccc(CC(Cc3ccc4cccc(OC)c4n3)c3ccccc3)nc12. The highest BCUT2D eigenvalue weighted by atomic mass is 16.5. The summed E-state index contributed by atoms with van der Waals surface area (Å²) in [6, 6.07) is 31.1. The van der Waals surface area contributed by atoms with E-state index < -0.39 is 0 Å². The van der Waals surface area contributed by atoms with Crippen LogP contribution in [0.4, 0.5) is 0 Å². The second kappa shape index (κ2) is 9.29. The van der Waals surface area contributed by atoms with Crippen molar-refractivity contribution in [2.45, 2.75) is 18.8 Å². The molecule has 0 bridgehead atoms. The van der Waals surface area contributed by atoms with E-state index in [9.17, 15) is 0 Å². The van der Waals surface area contributed by atoms with Crippen molar-refractivity contribution in [1.82, 2.24) is 9.97 Å². The van der Waals surface area contributed by atoms with Crippen LogP contribution in [0.2, 0.25) is 0 Å². The van der Waals surface area contributed by atoms with Gasteiger partial charge in [-0.1, -0.05) is 66.7 Å². The zero-order valence-corrected chi connectivity index (χ0v) is 18.9. The Balaban J connectivity index is 1.51. The fourth-order valence-electron chi connectivity index (χ4n) is 4.42. The molecule has 3 aromatic carbocycles. The molecule has 0 saturated carbocycles.